The van der Waals surface area contributed by atoms with Gasteiger partial charge in [-0.05, 0) is 41.8 Å². The van der Waals surface area contributed by atoms with E-state index in [0.29, 0.717) is 23.2 Å². The second-order valence-electron chi connectivity index (χ2n) is 3.59. The Kier molecular flexibility index (Phi) is 5.95. The third-order valence-electron chi connectivity index (χ3n) is 2.39. The Morgan fingerprint density at radius 2 is 2.25 bits per heavy atom. The van der Waals surface area contributed by atoms with Gasteiger partial charge in [-0.1, -0.05) is 12.1 Å². The molecule has 0 fully saturated rings. The van der Waals surface area contributed by atoms with Gasteiger partial charge in [-0.2, -0.15) is 0 Å². The smallest absolute Gasteiger partial charge is 0.142 e. The Hall–Kier alpha value is -0.450. The zero-order valence-corrected chi connectivity index (χ0v) is 11.0. The van der Waals surface area contributed by atoms with Crippen molar-refractivity contribution >= 4 is 15.9 Å². The van der Waals surface area contributed by atoms with Crippen LogP contribution in [0, 0.1) is 5.82 Å². The number of hydrogen-bond donors (Lipinski definition) is 1. The first-order valence-corrected chi connectivity index (χ1v) is 6.23. The molecule has 0 aliphatic heterocycles. The van der Waals surface area contributed by atoms with E-state index in [0.717, 1.165) is 12.8 Å². The number of nitrogens with two attached hydrogens (primary N) is 1. The summed E-state index contributed by atoms with van der Waals surface area (Å²) in [6.07, 6.45) is 1.58. The van der Waals surface area contributed by atoms with Crippen LogP contribution in [-0.2, 0) is 4.74 Å². The fourth-order valence-electron chi connectivity index (χ4n) is 1.51. The number of halogens is 2. The molecule has 1 rings (SSSR count). The summed E-state index contributed by atoms with van der Waals surface area (Å²) in [6, 6.07) is 4.93. The molecule has 1 unspecified atom stereocenters. The van der Waals surface area contributed by atoms with Gasteiger partial charge in [0.25, 0.3) is 0 Å². The fourth-order valence-corrected chi connectivity index (χ4v) is 1.89. The van der Waals surface area contributed by atoms with Gasteiger partial charge in [-0.15, -0.1) is 0 Å². The lowest BCUT2D eigenvalue weighted by molar-refractivity contribution is 0.142. The second-order valence-corrected chi connectivity index (χ2v) is 4.44. The lowest BCUT2D eigenvalue weighted by Crippen LogP contribution is -2.13. The van der Waals surface area contributed by atoms with Crippen LogP contribution in [0.25, 0.3) is 0 Å². The number of hydrogen-bond acceptors (Lipinski definition) is 2. The highest BCUT2D eigenvalue weighted by molar-refractivity contribution is 9.10. The van der Waals surface area contributed by atoms with E-state index in [1.54, 1.807) is 18.2 Å². The average molecular weight is 290 g/mol. The van der Waals surface area contributed by atoms with Crippen LogP contribution in [0.5, 0.6) is 0 Å². The molecule has 0 spiro atoms. The molecule has 1 aromatic carbocycles. The van der Waals surface area contributed by atoms with Crippen molar-refractivity contribution in [2.75, 3.05) is 13.2 Å². The van der Waals surface area contributed by atoms with Gasteiger partial charge in [-0.25, -0.2) is 4.39 Å². The normalized spacial score (nSPS) is 12.8. The van der Waals surface area contributed by atoms with E-state index < -0.39 is 0 Å². The maximum atomic E-state index is 13.7. The molecule has 1 atom stereocenters. The average Bonchev–Trinajstić information content (AvgIpc) is 2.28. The molecule has 0 aromatic heterocycles. The molecule has 0 radical (unpaired) electrons. The van der Waals surface area contributed by atoms with E-state index in [9.17, 15) is 4.39 Å². The third kappa shape index (κ3) is 3.85. The Labute approximate surface area is 104 Å². The summed E-state index contributed by atoms with van der Waals surface area (Å²) in [5.41, 5.74) is 6.49. The molecule has 16 heavy (non-hydrogen) atoms. The van der Waals surface area contributed by atoms with E-state index in [-0.39, 0.29) is 11.9 Å². The van der Waals surface area contributed by atoms with Gasteiger partial charge in [0.2, 0.25) is 0 Å². The van der Waals surface area contributed by atoms with Gasteiger partial charge in [0.1, 0.15) is 5.82 Å². The molecule has 0 saturated carbocycles. The summed E-state index contributed by atoms with van der Waals surface area (Å²) < 4.78 is 19.3. The molecule has 2 N–H and O–H groups in total. The van der Waals surface area contributed by atoms with Crippen molar-refractivity contribution in [3.63, 3.8) is 0 Å². The Bertz CT molecular complexity index is 333. The predicted molar refractivity (Wildman–Crippen MR) is 66.8 cm³/mol. The Morgan fingerprint density at radius 1 is 1.50 bits per heavy atom. The predicted octanol–water partition coefficient (Wildman–Crippen LogP) is 3.40. The van der Waals surface area contributed by atoms with Crippen LogP contribution in [-0.4, -0.2) is 13.2 Å². The van der Waals surface area contributed by atoms with Gasteiger partial charge >= 0.3 is 0 Å². The zero-order chi connectivity index (χ0) is 12.0. The van der Waals surface area contributed by atoms with Gasteiger partial charge in [0.05, 0.1) is 4.47 Å². The summed E-state index contributed by atoms with van der Waals surface area (Å²) in [6.45, 7) is 3.34. The SMILES string of the molecule is CCOCCCC(N)c1cccc(Br)c1F. The van der Waals surface area contributed by atoms with Gasteiger partial charge in [0, 0.05) is 24.8 Å². The van der Waals surface area contributed by atoms with Gasteiger partial charge in [0.15, 0.2) is 0 Å². The zero-order valence-electron chi connectivity index (χ0n) is 9.38. The molecule has 2 nitrogen and oxygen atoms in total. The highest BCUT2D eigenvalue weighted by Gasteiger charge is 2.12. The van der Waals surface area contributed by atoms with Crippen molar-refractivity contribution in [1.29, 1.82) is 0 Å². The number of ether oxygens (including phenoxy) is 1. The van der Waals surface area contributed by atoms with Crippen molar-refractivity contribution < 1.29 is 9.13 Å². The number of rotatable bonds is 6. The Balaban J connectivity index is 2.52. The minimum atomic E-state index is -0.266. The molecule has 0 saturated heterocycles. The monoisotopic (exact) mass is 289 g/mol. The minimum Gasteiger partial charge on any atom is -0.382 e. The molecule has 0 heterocycles. The molecule has 0 amide bonds. The summed E-state index contributed by atoms with van der Waals surface area (Å²) in [4.78, 5) is 0. The van der Waals surface area contributed by atoms with Gasteiger partial charge < -0.3 is 10.5 Å². The lowest BCUT2D eigenvalue weighted by atomic mass is 10.0. The van der Waals surface area contributed by atoms with Crippen LogP contribution < -0.4 is 5.73 Å². The summed E-state index contributed by atoms with van der Waals surface area (Å²) in [5.74, 6) is -0.258. The maximum Gasteiger partial charge on any atom is 0.142 e. The summed E-state index contributed by atoms with van der Waals surface area (Å²) in [7, 11) is 0. The largest absolute Gasteiger partial charge is 0.382 e. The lowest BCUT2D eigenvalue weighted by Gasteiger charge is -2.13. The van der Waals surface area contributed by atoms with E-state index >= 15 is 0 Å². The molecule has 0 aliphatic carbocycles. The van der Waals surface area contributed by atoms with Crippen LogP contribution in [0.2, 0.25) is 0 Å². The molecule has 0 bridgehead atoms. The molecule has 4 heteroatoms. The van der Waals surface area contributed by atoms with Crippen LogP contribution in [0.3, 0.4) is 0 Å². The molecule has 90 valence electrons. The molecular weight excluding hydrogens is 273 g/mol. The van der Waals surface area contributed by atoms with Crippen LogP contribution in [0.1, 0.15) is 31.4 Å². The quantitative estimate of drug-likeness (QED) is 0.815. The van der Waals surface area contributed by atoms with Crippen molar-refractivity contribution in [3.05, 3.63) is 34.1 Å². The van der Waals surface area contributed by atoms with Crippen LogP contribution in [0.15, 0.2) is 22.7 Å². The summed E-state index contributed by atoms with van der Waals surface area (Å²) in [5, 5.41) is 0. The van der Waals surface area contributed by atoms with E-state index in [2.05, 4.69) is 15.9 Å². The van der Waals surface area contributed by atoms with Crippen molar-refractivity contribution in [1.82, 2.24) is 0 Å². The van der Waals surface area contributed by atoms with Crippen molar-refractivity contribution in [3.8, 4) is 0 Å². The molecular formula is C12H17BrFNO. The van der Waals surface area contributed by atoms with E-state index in [1.165, 1.54) is 0 Å². The van der Waals surface area contributed by atoms with Crippen molar-refractivity contribution in [2.45, 2.75) is 25.8 Å². The molecule has 0 aliphatic rings. The van der Waals surface area contributed by atoms with Crippen LogP contribution >= 0.6 is 15.9 Å². The van der Waals surface area contributed by atoms with E-state index in [4.69, 9.17) is 10.5 Å². The Morgan fingerprint density at radius 3 is 2.94 bits per heavy atom. The first-order valence-electron chi connectivity index (χ1n) is 5.44. The third-order valence-corrected chi connectivity index (χ3v) is 3.00. The van der Waals surface area contributed by atoms with E-state index in [1.807, 2.05) is 6.92 Å². The maximum absolute atomic E-state index is 13.7. The number of benzene rings is 1. The first-order chi connectivity index (χ1) is 7.66. The topological polar surface area (TPSA) is 35.2 Å². The first kappa shape index (κ1) is 13.6. The summed E-state index contributed by atoms with van der Waals surface area (Å²) >= 11 is 3.15. The standard InChI is InChI=1S/C12H17BrFNO/c1-2-16-8-4-7-11(15)9-5-3-6-10(13)12(9)14/h3,5-6,11H,2,4,7-8,15H2,1H3. The van der Waals surface area contributed by atoms with Gasteiger partial charge in [-0.3, -0.25) is 0 Å². The highest BCUT2D eigenvalue weighted by Crippen LogP contribution is 2.24. The highest BCUT2D eigenvalue weighted by atomic mass is 79.9. The molecule has 1 aromatic rings. The van der Waals surface area contributed by atoms with Crippen molar-refractivity contribution in [2.24, 2.45) is 5.73 Å². The fraction of sp³-hybridized carbons (Fsp3) is 0.500. The second kappa shape index (κ2) is 6.99. The van der Waals surface area contributed by atoms with Crippen LogP contribution in [0.4, 0.5) is 4.39 Å². The minimum absolute atomic E-state index is 0.258.